The second-order valence-corrected chi connectivity index (χ2v) is 5.89. The number of hydrogen-bond acceptors (Lipinski definition) is 3. The van der Waals surface area contributed by atoms with Gasteiger partial charge in [-0.05, 0) is 50.3 Å². The summed E-state index contributed by atoms with van der Waals surface area (Å²) in [5.41, 5.74) is 1.93. The molecular formula is C19H23FN2O2. The zero-order chi connectivity index (χ0) is 17.5. The largest absolute Gasteiger partial charge is 0.484 e. The zero-order valence-corrected chi connectivity index (χ0v) is 14.3. The Balaban J connectivity index is 1.88. The summed E-state index contributed by atoms with van der Waals surface area (Å²) in [6, 6.07) is 13.8. The summed E-state index contributed by atoms with van der Waals surface area (Å²) >= 11 is 0. The molecule has 2 aromatic rings. The number of para-hydroxylation sites is 1. The first-order chi connectivity index (χ1) is 11.5. The van der Waals surface area contributed by atoms with Gasteiger partial charge in [-0.25, -0.2) is 4.39 Å². The van der Waals surface area contributed by atoms with E-state index in [1.54, 1.807) is 12.1 Å². The third-order valence-electron chi connectivity index (χ3n) is 3.82. The fourth-order valence-electron chi connectivity index (χ4n) is 2.41. The minimum Gasteiger partial charge on any atom is -0.484 e. The molecule has 0 bridgehead atoms. The van der Waals surface area contributed by atoms with Crippen LogP contribution in [0.25, 0.3) is 0 Å². The van der Waals surface area contributed by atoms with Crippen LogP contribution >= 0.6 is 0 Å². The molecule has 128 valence electrons. The number of hydrogen-bond donors (Lipinski definition) is 1. The van der Waals surface area contributed by atoms with E-state index in [1.165, 1.54) is 12.1 Å². The van der Waals surface area contributed by atoms with Gasteiger partial charge in [-0.1, -0.05) is 30.3 Å². The van der Waals surface area contributed by atoms with Crippen LogP contribution in [-0.2, 0) is 4.79 Å². The Hall–Kier alpha value is -2.40. The Kier molecular flexibility index (Phi) is 6.32. The number of amides is 1. The number of ether oxygens (including phenoxy) is 1. The van der Waals surface area contributed by atoms with Gasteiger partial charge in [0.1, 0.15) is 11.6 Å². The van der Waals surface area contributed by atoms with E-state index in [0.717, 1.165) is 11.1 Å². The Morgan fingerprint density at radius 2 is 1.83 bits per heavy atom. The van der Waals surface area contributed by atoms with Gasteiger partial charge in [-0.3, -0.25) is 4.79 Å². The highest BCUT2D eigenvalue weighted by Gasteiger charge is 2.15. The van der Waals surface area contributed by atoms with Crippen LogP contribution in [0.4, 0.5) is 4.39 Å². The average molecular weight is 330 g/mol. The van der Waals surface area contributed by atoms with Crippen molar-refractivity contribution in [2.75, 3.05) is 27.2 Å². The van der Waals surface area contributed by atoms with Crippen LogP contribution in [-0.4, -0.2) is 38.1 Å². The summed E-state index contributed by atoms with van der Waals surface area (Å²) in [5.74, 6) is 0.245. The van der Waals surface area contributed by atoms with Crippen LogP contribution in [0.5, 0.6) is 5.75 Å². The molecule has 0 saturated carbocycles. The number of nitrogens with zero attached hydrogens (tertiary/aromatic N) is 1. The second-order valence-electron chi connectivity index (χ2n) is 5.89. The van der Waals surface area contributed by atoms with E-state index in [1.807, 2.05) is 50.2 Å². The molecule has 0 radical (unpaired) electrons. The molecule has 0 fully saturated rings. The molecule has 0 saturated heterocycles. The van der Waals surface area contributed by atoms with Crippen molar-refractivity contribution in [1.29, 1.82) is 0 Å². The Bertz CT molecular complexity index is 671. The monoisotopic (exact) mass is 330 g/mol. The minimum absolute atomic E-state index is 0.0333. The van der Waals surface area contributed by atoms with Crippen molar-refractivity contribution in [2.45, 2.75) is 13.0 Å². The lowest BCUT2D eigenvalue weighted by Crippen LogP contribution is -2.36. The van der Waals surface area contributed by atoms with Crippen LogP contribution in [0.2, 0.25) is 0 Å². The molecule has 24 heavy (non-hydrogen) atoms. The highest BCUT2D eigenvalue weighted by atomic mass is 19.1. The molecule has 0 aromatic heterocycles. The standard InChI is InChI=1S/C19H23FN2O2/c1-14-6-4-5-7-18(14)24-13-19(23)21-12-17(22(2)3)15-8-10-16(20)11-9-15/h4-11,17H,12-13H2,1-3H3,(H,21,23)/t17-/m0/s1. The molecule has 2 rings (SSSR count). The van der Waals surface area contributed by atoms with Crippen molar-refractivity contribution in [1.82, 2.24) is 10.2 Å². The van der Waals surface area contributed by atoms with E-state index in [0.29, 0.717) is 12.3 Å². The summed E-state index contributed by atoms with van der Waals surface area (Å²) in [6.45, 7) is 2.33. The predicted molar refractivity (Wildman–Crippen MR) is 92.5 cm³/mol. The Morgan fingerprint density at radius 3 is 2.46 bits per heavy atom. The van der Waals surface area contributed by atoms with E-state index >= 15 is 0 Å². The molecule has 5 heteroatoms. The number of likely N-dealkylation sites (N-methyl/N-ethyl adjacent to an activating group) is 1. The van der Waals surface area contributed by atoms with Crippen LogP contribution in [0.3, 0.4) is 0 Å². The molecule has 1 N–H and O–H groups in total. The van der Waals surface area contributed by atoms with E-state index in [9.17, 15) is 9.18 Å². The first-order valence-corrected chi connectivity index (χ1v) is 7.84. The van der Waals surface area contributed by atoms with Crippen molar-refractivity contribution in [3.05, 3.63) is 65.5 Å². The maximum absolute atomic E-state index is 13.1. The summed E-state index contributed by atoms with van der Waals surface area (Å²) in [5, 5.41) is 2.87. The van der Waals surface area contributed by atoms with Gasteiger partial charge < -0.3 is 15.0 Å². The van der Waals surface area contributed by atoms with Crippen LogP contribution < -0.4 is 10.1 Å². The molecule has 2 aromatic carbocycles. The lowest BCUT2D eigenvalue weighted by molar-refractivity contribution is -0.123. The fourth-order valence-corrected chi connectivity index (χ4v) is 2.41. The average Bonchev–Trinajstić information content (AvgIpc) is 2.55. The maximum atomic E-state index is 13.1. The van der Waals surface area contributed by atoms with Gasteiger partial charge >= 0.3 is 0 Å². The van der Waals surface area contributed by atoms with Gasteiger partial charge in [-0.15, -0.1) is 0 Å². The highest BCUT2D eigenvalue weighted by Crippen LogP contribution is 2.18. The Morgan fingerprint density at radius 1 is 1.17 bits per heavy atom. The van der Waals surface area contributed by atoms with Gasteiger partial charge in [0.15, 0.2) is 6.61 Å². The smallest absolute Gasteiger partial charge is 0.258 e. The molecule has 1 atom stereocenters. The Labute approximate surface area is 142 Å². The third kappa shape index (κ3) is 5.06. The van der Waals surface area contributed by atoms with Gasteiger partial charge in [0, 0.05) is 6.54 Å². The van der Waals surface area contributed by atoms with Gasteiger partial charge in [0.25, 0.3) is 5.91 Å². The highest BCUT2D eigenvalue weighted by molar-refractivity contribution is 5.77. The minimum atomic E-state index is -0.271. The molecule has 0 aliphatic heterocycles. The van der Waals surface area contributed by atoms with E-state index < -0.39 is 0 Å². The van der Waals surface area contributed by atoms with E-state index in [-0.39, 0.29) is 24.4 Å². The van der Waals surface area contributed by atoms with E-state index in [4.69, 9.17) is 4.74 Å². The normalized spacial score (nSPS) is 12.0. The molecular weight excluding hydrogens is 307 g/mol. The molecule has 0 unspecified atom stereocenters. The van der Waals surface area contributed by atoms with Crippen LogP contribution in [0, 0.1) is 12.7 Å². The lowest BCUT2D eigenvalue weighted by Gasteiger charge is -2.25. The molecule has 0 aliphatic carbocycles. The number of carbonyl (C=O) groups excluding carboxylic acids is 1. The molecule has 4 nitrogen and oxygen atoms in total. The first-order valence-electron chi connectivity index (χ1n) is 7.84. The summed E-state index contributed by atoms with van der Waals surface area (Å²) in [7, 11) is 3.84. The number of rotatable bonds is 7. The number of nitrogens with one attached hydrogen (secondary N) is 1. The molecule has 0 aliphatic rings. The first kappa shape index (κ1) is 17.9. The number of carbonyl (C=O) groups is 1. The van der Waals surface area contributed by atoms with Crippen LogP contribution in [0.15, 0.2) is 48.5 Å². The van der Waals surface area contributed by atoms with Gasteiger partial charge in [-0.2, -0.15) is 0 Å². The quantitative estimate of drug-likeness (QED) is 0.849. The predicted octanol–water partition coefficient (Wildman–Crippen LogP) is 2.93. The van der Waals surface area contributed by atoms with Crippen LogP contribution in [0.1, 0.15) is 17.2 Å². The van der Waals surface area contributed by atoms with Crippen molar-refractivity contribution >= 4 is 5.91 Å². The number of halogens is 1. The number of benzene rings is 2. The molecule has 0 spiro atoms. The molecule has 1 amide bonds. The van der Waals surface area contributed by atoms with Gasteiger partial charge in [0.05, 0.1) is 6.04 Å². The topological polar surface area (TPSA) is 41.6 Å². The van der Waals surface area contributed by atoms with Crippen molar-refractivity contribution in [3.8, 4) is 5.75 Å². The van der Waals surface area contributed by atoms with Crippen molar-refractivity contribution in [3.63, 3.8) is 0 Å². The fraction of sp³-hybridized carbons (Fsp3) is 0.316. The number of aryl methyl sites for hydroxylation is 1. The van der Waals surface area contributed by atoms with Crippen molar-refractivity contribution < 1.29 is 13.9 Å². The summed E-state index contributed by atoms with van der Waals surface area (Å²) < 4.78 is 18.6. The zero-order valence-electron chi connectivity index (χ0n) is 14.3. The third-order valence-corrected chi connectivity index (χ3v) is 3.82. The second kappa shape index (κ2) is 8.45. The SMILES string of the molecule is Cc1ccccc1OCC(=O)NC[C@@H](c1ccc(F)cc1)N(C)C. The van der Waals surface area contributed by atoms with Crippen molar-refractivity contribution in [2.24, 2.45) is 0 Å². The van der Waals surface area contributed by atoms with E-state index in [2.05, 4.69) is 5.32 Å². The summed E-state index contributed by atoms with van der Waals surface area (Å²) in [4.78, 5) is 14.0. The maximum Gasteiger partial charge on any atom is 0.258 e. The molecule has 0 heterocycles. The lowest BCUT2D eigenvalue weighted by atomic mass is 10.1. The van der Waals surface area contributed by atoms with Gasteiger partial charge in [0.2, 0.25) is 0 Å². The summed E-state index contributed by atoms with van der Waals surface area (Å²) in [6.07, 6.45) is 0.